The number of aryl methyl sites for hydroxylation is 1. The average Bonchev–Trinajstić information content (AvgIpc) is 2.56. The molecule has 0 bridgehead atoms. The van der Waals surface area contributed by atoms with Gasteiger partial charge in [0.25, 0.3) is 0 Å². The van der Waals surface area contributed by atoms with E-state index in [1.807, 2.05) is 6.92 Å². The minimum Gasteiger partial charge on any atom is -0.326 e. The van der Waals surface area contributed by atoms with Gasteiger partial charge in [-0.1, -0.05) is 30.7 Å². The molecule has 7 nitrogen and oxygen atoms in total. The van der Waals surface area contributed by atoms with Crippen molar-refractivity contribution in [2.45, 2.75) is 20.8 Å². The van der Waals surface area contributed by atoms with Gasteiger partial charge in [-0.2, -0.15) is 0 Å². The van der Waals surface area contributed by atoms with Crippen LogP contribution in [-0.4, -0.2) is 26.0 Å². The second-order valence-electron chi connectivity index (χ2n) is 6.40. The zero-order valence-corrected chi connectivity index (χ0v) is 16.3. The number of sulfonamides is 1. The van der Waals surface area contributed by atoms with Crippen LogP contribution in [-0.2, 0) is 19.6 Å². The van der Waals surface area contributed by atoms with Gasteiger partial charge in [0, 0.05) is 24.0 Å². The second-order valence-corrected chi connectivity index (χ2v) is 8.17. The maximum atomic E-state index is 12.3. The van der Waals surface area contributed by atoms with Gasteiger partial charge in [0.05, 0.1) is 11.7 Å². The molecule has 0 aliphatic carbocycles. The number of amides is 2. The van der Waals surface area contributed by atoms with Crippen molar-refractivity contribution in [2.75, 3.05) is 21.1 Å². The summed E-state index contributed by atoms with van der Waals surface area (Å²) in [4.78, 5) is 23.4. The van der Waals surface area contributed by atoms with Gasteiger partial charge in [-0.3, -0.25) is 14.3 Å². The van der Waals surface area contributed by atoms with Crippen LogP contribution in [0.4, 0.5) is 17.1 Å². The fourth-order valence-corrected chi connectivity index (χ4v) is 3.78. The molecule has 3 N–H and O–H groups in total. The molecule has 2 rings (SSSR count). The molecule has 0 aliphatic rings. The van der Waals surface area contributed by atoms with E-state index < -0.39 is 21.8 Å². The normalized spacial score (nSPS) is 12.1. The lowest BCUT2D eigenvalue weighted by atomic mass is 10.2. The van der Waals surface area contributed by atoms with Crippen molar-refractivity contribution in [3.63, 3.8) is 0 Å². The largest absolute Gasteiger partial charge is 0.326 e. The minimum absolute atomic E-state index is 0.222. The van der Waals surface area contributed by atoms with E-state index in [4.69, 9.17) is 0 Å². The van der Waals surface area contributed by atoms with Gasteiger partial charge in [0.15, 0.2) is 0 Å². The van der Waals surface area contributed by atoms with Crippen LogP contribution in [0.15, 0.2) is 48.5 Å². The molecule has 2 aromatic carbocycles. The molecule has 0 aromatic heterocycles. The Morgan fingerprint density at radius 3 is 2.15 bits per heavy atom. The molecule has 1 unspecified atom stereocenters. The number of hydrogen-bond donors (Lipinski definition) is 3. The zero-order valence-electron chi connectivity index (χ0n) is 15.4. The molecule has 0 radical (unpaired) electrons. The van der Waals surface area contributed by atoms with Crippen LogP contribution in [0.5, 0.6) is 0 Å². The van der Waals surface area contributed by atoms with Crippen molar-refractivity contribution in [1.82, 2.24) is 0 Å². The summed E-state index contributed by atoms with van der Waals surface area (Å²) in [5, 5.41) is 5.29. The molecular formula is C19H23N3O4S. The van der Waals surface area contributed by atoms with E-state index in [-0.39, 0.29) is 11.7 Å². The fourth-order valence-electron chi connectivity index (χ4n) is 2.39. The first kappa shape index (κ1) is 20.4. The molecule has 2 amide bonds. The van der Waals surface area contributed by atoms with Gasteiger partial charge in [-0.15, -0.1) is 0 Å². The monoisotopic (exact) mass is 389 g/mol. The summed E-state index contributed by atoms with van der Waals surface area (Å²) in [6.45, 7) is 4.84. The predicted molar refractivity (Wildman–Crippen MR) is 107 cm³/mol. The van der Waals surface area contributed by atoms with Crippen molar-refractivity contribution in [3.05, 3.63) is 54.1 Å². The lowest BCUT2D eigenvalue weighted by Gasteiger charge is -2.14. The quantitative estimate of drug-likeness (QED) is 0.677. The summed E-state index contributed by atoms with van der Waals surface area (Å²) >= 11 is 0. The van der Waals surface area contributed by atoms with Crippen molar-refractivity contribution in [3.8, 4) is 0 Å². The van der Waals surface area contributed by atoms with Gasteiger partial charge in [0.2, 0.25) is 21.8 Å². The van der Waals surface area contributed by atoms with Gasteiger partial charge in [-0.25, -0.2) is 8.42 Å². The van der Waals surface area contributed by atoms with Crippen LogP contribution < -0.4 is 15.4 Å². The number of benzene rings is 2. The van der Waals surface area contributed by atoms with Crippen molar-refractivity contribution in [2.24, 2.45) is 5.92 Å². The van der Waals surface area contributed by atoms with Crippen molar-refractivity contribution in [1.29, 1.82) is 0 Å². The first-order valence-corrected chi connectivity index (χ1v) is 10.1. The smallest absolute Gasteiger partial charge is 0.233 e. The van der Waals surface area contributed by atoms with E-state index in [1.54, 1.807) is 55.5 Å². The Morgan fingerprint density at radius 1 is 0.963 bits per heavy atom. The van der Waals surface area contributed by atoms with E-state index in [1.165, 1.54) is 6.92 Å². The maximum absolute atomic E-state index is 12.3. The highest BCUT2D eigenvalue weighted by Crippen LogP contribution is 2.17. The Balaban J connectivity index is 1.98. The van der Waals surface area contributed by atoms with Crippen molar-refractivity contribution < 1.29 is 18.0 Å². The first-order chi connectivity index (χ1) is 12.6. The van der Waals surface area contributed by atoms with Crippen LogP contribution in [0.25, 0.3) is 0 Å². The zero-order chi connectivity index (χ0) is 20.0. The third kappa shape index (κ3) is 6.74. The highest BCUT2D eigenvalue weighted by atomic mass is 32.2. The van der Waals surface area contributed by atoms with Gasteiger partial charge in [0.1, 0.15) is 0 Å². The number of anilines is 3. The highest BCUT2D eigenvalue weighted by molar-refractivity contribution is 7.92. The van der Waals surface area contributed by atoms with E-state index in [0.717, 1.165) is 5.56 Å². The third-order valence-corrected chi connectivity index (χ3v) is 5.18. The van der Waals surface area contributed by atoms with Crippen LogP contribution in [0, 0.1) is 12.8 Å². The third-order valence-electron chi connectivity index (χ3n) is 3.69. The van der Waals surface area contributed by atoms with E-state index in [9.17, 15) is 18.0 Å². The summed E-state index contributed by atoms with van der Waals surface area (Å²) in [7, 11) is -3.68. The Labute approximate surface area is 159 Å². The van der Waals surface area contributed by atoms with Gasteiger partial charge < -0.3 is 10.6 Å². The van der Waals surface area contributed by atoms with Crippen LogP contribution >= 0.6 is 0 Å². The Hall–Kier alpha value is -2.87. The molecule has 8 heteroatoms. The number of hydrogen-bond acceptors (Lipinski definition) is 4. The molecule has 144 valence electrons. The lowest BCUT2D eigenvalue weighted by molar-refractivity contribution is -0.118. The number of carbonyl (C=O) groups is 2. The minimum atomic E-state index is -3.68. The summed E-state index contributed by atoms with van der Waals surface area (Å²) in [5.74, 6) is -1.76. The van der Waals surface area contributed by atoms with E-state index in [0.29, 0.717) is 17.1 Å². The molecule has 2 aromatic rings. The van der Waals surface area contributed by atoms with Crippen LogP contribution in [0.3, 0.4) is 0 Å². The van der Waals surface area contributed by atoms with Crippen LogP contribution in [0.2, 0.25) is 0 Å². The highest BCUT2D eigenvalue weighted by Gasteiger charge is 2.22. The number of nitrogens with one attached hydrogen (secondary N) is 3. The molecule has 27 heavy (non-hydrogen) atoms. The predicted octanol–water partition coefficient (Wildman–Crippen LogP) is 2.97. The summed E-state index contributed by atoms with van der Waals surface area (Å²) in [6.07, 6.45) is 0. The Morgan fingerprint density at radius 2 is 1.56 bits per heavy atom. The lowest BCUT2D eigenvalue weighted by Crippen LogP contribution is -2.29. The summed E-state index contributed by atoms with van der Waals surface area (Å²) in [6, 6.07) is 13.6. The molecule has 0 heterocycles. The first-order valence-electron chi connectivity index (χ1n) is 8.40. The number of carbonyl (C=O) groups excluding carboxylic acids is 2. The number of rotatable bonds is 7. The van der Waals surface area contributed by atoms with Crippen molar-refractivity contribution >= 4 is 38.9 Å². The topological polar surface area (TPSA) is 104 Å². The molecule has 0 fully saturated rings. The second kappa shape index (κ2) is 8.68. The average molecular weight is 389 g/mol. The van der Waals surface area contributed by atoms with E-state index >= 15 is 0 Å². The molecule has 0 spiro atoms. The molecule has 0 saturated heterocycles. The Kier molecular flexibility index (Phi) is 6.57. The molecule has 0 saturated carbocycles. The molecule has 1 atom stereocenters. The van der Waals surface area contributed by atoms with Gasteiger partial charge in [-0.05, 0) is 37.3 Å². The maximum Gasteiger partial charge on any atom is 0.233 e. The SMILES string of the molecule is CC(=O)Nc1cccc(NC(=O)C(C)CS(=O)(=O)Nc2ccc(C)cc2)c1. The summed E-state index contributed by atoms with van der Waals surface area (Å²) in [5.41, 5.74) is 2.49. The standard InChI is InChI=1S/C19H23N3O4S/c1-13-7-9-16(10-8-13)22-27(25,26)12-14(2)19(24)21-18-6-4-5-17(11-18)20-15(3)23/h4-11,14,22H,12H2,1-3H3,(H,20,23)(H,21,24). The van der Waals surface area contributed by atoms with Gasteiger partial charge >= 0.3 is 0 Å². The van der Waals surface area contributed by atoms with Crippen LogP contribution in [0.1, 0.15) is 19.4 Å². The van der Waals surface area contributed by atoms with E-state index in [2.05, 4.69) is 15.4 Å². The fraction of sp³-hybridized carbons (Fsp3) is 0.263. The Bertz CT molecular complexity index is 924. The summed E-state index contributed by atoms with van der Waals surface area (Å²) < 4.78 is 27.0. The molecular weight excluding hydrogens is 366 g/mol. The molecule has 0 aliphatic heterocycles.